The number of hydrogen-bond acceptors (Lipinski definition) is 3. The summed E-state index contributed by atoms with van der Waals surface area (Å²) in [5, 5.41) is 0. The third-order valence-electron chi connectivity index (χ3n) is 5.28. The molecule has 1 fully saturated rings. The van der Waals surface area contributed by atoms with Gasteiger partial charge in [-0.05, 0) is 43.4 Å². The van der Waals surface area contributed by atoms with E-state index in [1.54, 1.807) is 7.11 Å². The largest absolute Gasteiger partial charge is 0.497 e. The first kappa shape index (κ1) is 18.5. The van der Waals surface area contributed by atoms with Gasteiger partial charge in [0.2, 0.25) is 11.8 Å². The molecule has 1 aliphatic heterocycles. The maximum absolute atomic E-state index is 12.6. The summed E-state index contributed by atoms with van der Waals surface area (Å²) >= 11 is 0. The van der Waals surface area contributed by atoms with Gasteiger partial charge in [0.1, 0.15) is 5.75 Å². The van der Waals surface area contributed by atoms with Gasteiger partial charge in [-0.15, -0.1) is 0 Å². The van der Waals surface area contributed by atoms with Crippen LogP contribution in [0, 0.1) is 5.92 Å². The molecule has 26 heavy (non-hydrogen) atoms. The monoisotopic (exact) mass is 356 g/mol. The quantitative estimate of drug-likeness (QED) is 0.762. The molecule has 1 aliphatic carbocycles. The molecule has 1 aromatic rings. The van der Waals surface area contributed by atoms with Crippen molar-refractivity contribution in [2.45, 2.75) is 32.1 Å². The van der Waals surface area contributed by atoms with Crippen molar-refractivity contribution in [3.05, 3.63) is 42.0 Å². The molecule has 0 spiro atoms. The molecule has 5 nitrogen and oxygen atoms in total. The molecule has 0 bridgehead atoms. The minimum Gasteiger partial charge on any atom is -0.497 e. The standard InChI is InChI=1S/C21H28N2O3/c1-26-19-9-4-6-17(16-19)10-11-20(24)22-12-5-13-23(15-14-22)21(25)18-7-2-3-8-18/h2-4,6,9,16,18H,5,7-8,10-15H2,1H3. The number of benzene rings is 1. The van der Waals surface area contributed by atoms with Gasteiger partial charge >= 0.3 is 0 Å². The Balaban J connectivity index is 1.48. The van der Waals surface area contributed by atoms with Crippen molar-refractivity contribution in [3.63, 3.8) is 0 Å². The molecule has 0 saturated carbocycles. The number of hydrogen-bond donors (Lipinski definition) is 0. The number of amides is 2. The van der Waals surface area contributed by atoms with E-state index in [9.17, 15) is 9.59 Å². The van der Waals surface area contributed by atoms with Crippen LogP contribution < -0.4 is 4.74 Å². The lowest BCUT2D eigenvalue weighted by atomic mass is 10.1. The third kappa shape index (κ3) is 4.65. The summed E-state index contributed by atoms with van der Waals surface area (Å²) in [7, 11) is 1.65. The van der Waals surface area contributed by atoms with Crippen LogP contribution in [0.15, 0.2) is 36.4 Å². The molecular formula is C21H28N2O3. The van der Waals surface area contributed by atoms with Gasteiger partial charge in [-0.2, -0.15) is 0 Å². The minimum atomic E-state index is 0.116. The van der Waals surface area contributed by atoms with Crippen LogP contribution in [0.1, 0.15) is 31.2 Å². The maximum atomic E-state index is 12.6. The second-order valence-corrected chi connectivity index (χ2v) is 7.05. The number of ether oxygens (including phenoxy) is 1. The van der Waals surface area contributed by atoms with Crippen molar-refractivity contribution in [1.29, 1.82) is 0 Å². The van der Waals surface area contributed by atoms with Crippen LogP contribution in [0.2, 0.25) is 0 Å². The zero-order chi connectivity index (χ0) is 18.4. The predicted molar refractivity (Wildman–Crippen MR) is 101 cm³/mol. The Kier molecular flexibility index (Phi) is 6.31. The van der Waals surface area contributed by atoms with Crippen molar-refractivity contribution in [2.24, 2.45) is 5.92 Å². The molecule has 1 saturated heterocycles. The lowest BCUT2D eigenvalue weighted by Crippen LogP contribution is -2.39. The van der Waals surface area contributed by atoms with Crippen molar-refractivity contribution in [3.8, 4) is 5.75 Å². The molecule has 5 heteroatoms. The highest BCUT2D eigenvalue weighted by Crippen LogP contribution is 2.21. The van der Waals surface area contributed by atoms with Crippen LogP contribution >= 0.6 is 0 Å². The molecule has 0 atom stereocenters. The molecule has 0 radical (unpaired) electrons. The van der Waals surface area contributed by atoms with E-state index < -0.39 is 0 Å². The smallest absolute Gasteiger partial charge is 0.226 e. The van der Waals surface area contributed by atoms with Crippen molar-refractivity contribution in [2.75, 3.05) is 33.3 Å². The van der Waals surface area contributed by atoms with Crippen LogP contribution in [0.4, 0.5) is 0 Å². The van der Waals surface area contributed by atoms with E-state index in [4.69, 9.17) is 4.74 Å². The van der Waals surface area contributed by atoms with Crippen LogP contribution in [0.3, 0.4) is 0 Å². The van der Waals surface area contributed by atoms with Gasteiger partial charge in [-0.3, -0.25) is 9.59 Å². The van der Waals surface area contributed by atoms with Gasteiger partial charge in [0.15, 0.2) is 0 Å². The zero-order valence-corrected chi connectivity index (χ0v) is 15.5. The zero-order valence-electron chi connectivity index (χ0n) is 15.5. The van der Waals surface area contributed by atoms with Gasteiger partial charge < -0.3 is 14.5 Å². The second kappa shape index (κ2) is 8.88. The third-order valence-corrected chi connectivity index (χ3v) is 5.28. The summed E-state index contributed by atoms with van der Waals surface area (Å²) in [5.74, 6) is 1.36. The number of methoxy groups -OCH3 is 1. The molecule has 2 amide bonds. The van der Waals surface area contributed by atoms with Crippen LogP contribution in [-0.4, -0.2) is 54.9 Å². The molecule has 3 rings (SSSR count). The lowest BCUT2D eigenvalue weighted by molar-refractivity contribution is -0.136. The Labute approximate surface area is 155 Å². The van der Waals surface area contributed by atoms with Crippen LogP contribution in [0.25, 0.3) is 0 Å². The number of nitrogens with zero attached hydrogens (tertiary/aromatic N) is 2. The van der Waals surface area contributed by atoms with Gasteiger partial charge in [-0.25, -0.2) is 0 Å². The second-order valence-electron chi connectivity index (χ2n) is 7.05. The molecule has 2 aliphatic rings. The Morgan fingerprint density at radius 2 is 1.81 bits per heavy atom. The Bertz CT molecular complexity index is 663. The number of allylic oxidation sites excluding steroid dienone is 2. The topological polar surface area (TPSA) is 49.9 Å². The average Bonchev–Trinajstić information content (AvgIpc) is 3.10. The summed E-state index contributed by atoms with van der Waals surface area (Å²) in [5.41, 5.74) is 1.11. The van der Waals surface area contributed by atoms with Crippen molar-refractivity contribution < 1.29 is 14.3 Å². The normalized spacial score (nSPS) is 18.0. The average molecular weight is 356 g/mol. The fraction of sp³-hybridized carbons (Fsp3) is 0.524. The Hall–Kier alpha value is -2.30. The Morgan fingerprint density at radius 3 is 2.58 bits per heavy atom. The molecule has 1 heterocycles. The van der Waals surface area contributed by atoms with E-state index in [-0.39, 0.29) is 17.7 Å². The molecule has 0 aromatic heterocycles. The summed E-state index contributed by atoms with van der Waals surface area (Å²) in [6.45, 7) is 2.79. The maximum Gasteiger partial charge on any atom is 0.226 e. The van der Waals surface area contributed by atoms with E-state index in [1.807, 2.05) is 34.1 Å². The highest BCUT2D eigenvalue weighted by Gasteiger charge is 2.27. The van der Waals surface area contributed by atoms with E-state index in [1.165, 1.54) is 0 Å². The summed E-state index contributed by atoms with van der Waals surface area (Å²) < 4.78 is 5.23. The molecule has 0 N–H and O–H groups in total. The molecule has 0 unspecified atom stereocenters. The summed E-state index contributed by atoms with van der Waals surface area (Å²) in [6.07, 6.45) is 7.97. The molecule has 140 valence electrons. The molecular weight excluding hydrogens is 328 g/mol. The summed E-state index contributed by atoms with van der Waals surface area (Å²) in [4.78, 5) is 29.0. The number of carbonyl (C=O) groups excluding carboxylic acids is 2. The number of carbonyl (C=O) groups is 2. The van der Waals surface area contributed by atoms with Crippen molar-refractivity contribution in [1.82, 2.24) is 9.80 Å². The van der Waals surface area contributed by atoms with Crippen molar-refractivity contribution >= 4 is 11.8 Å². The first-order valence-corrected chi connectivity index (χ1v) is 9.52. The lowest BCUT2D eigenvalue weighted by Gasteiger charge is -2.24. The first-order valence-electron chi connectivity index (χ1n) is 9.52. The fourth-order valence-electron chi connectivity index (χ4n) is 3.70. The number of aryl methyl sites for hydroxylation is 1. The highest BCUT2D eigenvalue weighted by atomic mass is 16.5. The molecule has 1 aromatic carbocycles. The predicted octanol–water partition coefficient (Wildman–Crippen LogP) is 2.65. The van der Waals surface area contributed by atoms with E-state index in [0.29, 0.717) is 25.9 Å². The van der Waals surface area contributed by atoms with Gasteiger partial charge in [-0.1, -0.05) is 24.3 Å². The van der Waals surface area contributed by atoms with Gasteiger partial charge in [0.25, 0.3) is 0 Å². The summed E-state index contributed by atoms with van der Waals surface area (Å²) in [6, 6.07) is 7.86. The van der Waals surface area contributed by atoms with Crippen LogP contribution in [-0.2, 0) is 16.0 Å². The minimum absolute atomic E-state index is 0.116. The fourth-order valence-corrected chi connectivity index (χ4v) is 3.70. The first-order chi connectivity index (χ1) is 12.7. The van der Waals surface area contributed by atoms with Crippen LogP contribution in [0.5, 0.6) is 5.75 Å². The van der Waals surface area contributed by atoms with E-state index in [0.717, 1.165) is 43.7 Å². The highest BCUT2D eigenvalue weighted by molar-refractivity contribution is 5.80. The Morgan fingerprint density at radius 1 is 1.08 bits per heavy atom. The SMILES string of the molecule is COc1cccc(CCC(=O)N2CCCN(C(=O)C3CC=CC3)CC2)c1. The van der Waals surface area contributed by atoms with E-state index in [2.05, 4.69) is 12.2 Å². The van der Waals surface area contributed by atoms with E-state index >= 15 is 0 Å². The number of rotatable bonds is 5. The van der Waals surface area contributed by atoms with Gasteiger partial charge in [0.05, 0.1) is 7.11 Å². The van der Waals surface area contributed by atoms with Gasteiger partial charge in [0, 0.05) is 38.5 Å².